The largest absolute Gasteiger partial charge is 0.504 e. The van der Waals surface area contributed by atoms with E-state index in [0.717, 1.165) is 11.1 Å². The van der Waals surface area contributed by atoms with E-state index in [1.54, 1.807) is 18.2 Å². The number of nitrogens with one attached hydrogen (secondary N) is 2. The first-order valence-corrected chi connectivity index (χ1v) is 9.91. The number of para-hydroxylation sites is 1. The highest BCUT2D eigenvalue weighted by Gasteiger charge is 2.27. The lowest BCUT2D eigenvalue weighted by Gasteiger charge is -2.13. The van der Waals surface area contributed by atoms with Crippen LogP contribution >= 0.6 is 0 Å². The summed E-state index contributed by atoms with van der Waals surface area (Å²) in [6.07, 6.45) is -3.74. The van der Waals surface area contributed by atoms with Gasteiger partial charge in [0.2, 0.25) is 0 Å². The summed E-state index contributed by atoms with van der Waals surface area (Å²) in [5, 5.41) is 16.5. The highest BCUT2D eigenvalue weighted by atomic mass is 19.4. The van der Waals surface area contributed by atoms with E-state index in [-0.39, 0.29) is 12.4 Å². The molecule has 2 aromatic carbocycles. The number of guanidine groups is 1. The molecule has 0 aliphatic carbocycles. The summed E-state index contributed by atoms with van der Waals surface area (Å²) in [5.74, 6) is 1.20. The van der Waals surface area contributed by atoms with Crippen LogP contribution in [-0.4, -0.2) is 44.0 Å². The minimum atomic E-state index is -4.32. The molecule has 0 aliphatic rings. The summed E-state index contributed by atoms with van der Waals surface area (Å²) in [5.41, 5.74) is 2.35. The van der Waals surface area contributed by atoms with Crippen LogP contribution in [-0.2, 0) is 24.3 Å². The molecule has 0 bridgehead atoms. The van der Waals surface area contributed by atoms with Crippen molar-refractivity contribution >= 4 is 5.96 Å². The van der Waals surface area contributed by atoms with Gasteiger partial charge in [-0.25, -0.2) is 4.99 Å². The van der Waals surface area contributed by atoms with Crippen LogP contribution in [0.15, 0.2) is 47.5 Å². The number of phenolic OH excluding ortho intramolecular Hbond substituents is 1. The van der Waals surface area contributed by atoms with Crippen LogP contribution in [0.2, 0.25) is 0 Å². The van der Waals surface area contributed by atoms with E-state index in [1.807, 2.05) is 31.2 Å². The predicted octanol–water partition coefficient (Wildman–Crippen LogP) is 3.78. The molecule has 0 atom stereocenters. The number of aliphatic imine (C=N–C) groups is 1. The van der Waals surface area contributed by atoms with E-state index in [0.29, 0.717) is 43.3 Å². The summed E-state index contributed by atoms with van der Waals surface area (Å²) < 4.78 is 46.2. The van der Waals surface area contributed by atoms with E-state index in [2.05, 4.69) is 20.4 Å². The summed E-state index contributed by atoms with van der Waals surface area (Å²) in [6.45, 7) is 2.26. The van der Waals surface area contributed by atoms with Crippen LogP contribution in [0.4, 0.5) is 13.2 Å². The molecule has 2 aromatic rings. The molecule has 170 valence electrons. The number of aromatic hydroxyl groups is 1. The number of benzene rings is 2. The Hall–Kier alpha value is -2.94. The monoisotopic (exact) mass is 439 g/mol. The Labute approximate surface area is 180 Å². The van der Waals surface area contributed by atoms with E-state index < -0.39 is 12.8 Å². The molecule has 0 aromatic heterocycles. The molecular weight excluding hydrogens is 411 g/mol. The Kier molecular flexibility index (Phi) is 9.45. The molecule has 0 spiro atoms. The minimum absolute atomic E-state index is 0.0929. The van der Waals surface area contributed by atoms with Gasteiger partial charge >= 0.3 is 6.18 Å². The number of methoxy groups -OCH3 is 1. The topological polar surface area (TPSA) is 75.1 Å². The molecule has 0 saturated heterocycles. The van der Waals surface area contributed by atoms with E-state index in [9.17, 15) is 18.3 Å². The molecule has 31 heavy (non-hydrogen) atoms. The zero-order valence-electron chi connectivity index (χ0n) is 17.6. The highest BCUT2D eigenvalue weighted by Crippen LogP contribution is 2.29. The maximum Gasteiger partial charge on any atom is 0.411 e. The van der Waals surface area contributed by atoms with Gasteiger partial charge in [-0.15, -0.1) is 0 Å². The lowest BCUT2D eigenvalue weighted by atomic mass is 10.1. The normalized spacial score (nSPS) is 12.0. The highest BCUT2D eigenvalue weighted by molar-refractivity contribution is 5.79. The maximum absolute atomic E-state index is 12.1. The predicted molar refractivity (Wildman–Crippen MR) is 113 cm³/mol. The molecule has 0 heterocycles. The molecule has 0 amide bonds. The average Bonchev–Trinajstić information content (AvgIpc) is 2.73. The number of alkyl halides is 3. The third-order valence-electron chi connectivity index (χ3n) is 4.31. The number of halogens is 3. The third kappa shape index (κ3) is 8.75. The van der Waals surface area contributed by atoms with Crippen molar-refractivity contribution in [1.29, 1.82) is 0 Å². The Morgan fingerprint density at radius 3 is 2.42 bits per heavy atom. The van der Waals surface area contributed by atoms with Crippen LogP contribution in [0.3, 0.4) is 0 Å². The van der Waals surface area contributed by atoms with Gasteiger partial charge in [0.15, 0.2) is 17.5 Å². The van der Waals surface area contributed by atoms with Crippen molar-refractivity contribution in [3.8, 4) is 11.5 Å². The van der Waals surface area contributed by atoms with Gasteiger partial charge < -0.3 is 25.2 Å². The molecule has 9 heteroatoms. The molecule has 0 aliphatic heterocycles. The van der Waals surface area contributed by atoms with Crippen molar-refractivity contribution in [3.05, 3.63) is 59.2 Å². The van der Waals surface area contributed by atoms with Gasteiger partial charge in [0, 0.05) is 13.1 Å². The summed E-state index contributed by atoms with van der Waals surface area (Å²) >= 11 is 0. The second kappa shape index (κ2) is 12.0. The first-order chi connectivity index (χ1) is 14.8. The second-order valence-corrected chi connectivity index (χ2v) is 6.76. The van der Waals surface area contributed by atoms with Crippen molar-refractivity contribution in [2.75, 3.05) is 26.8 Å². The zero-order valence-corrected chi connectivity index (χ0v) is 17.6. The van der Waals surface area contributed by atoms with Crippen LogP contribution < -0.4 is 15.4 Å². The van der Waals surface area contributed by atoms with Gasteiger partial charge in [0.25, 0.3) is 0 Å². The van der Waals surface area contributed by atoms with E-state index >= 15 is 0 Å². The second-order valence-electron chi connectivity index (χ2n) is 6.76. The SMILES string of the molecule is CCNC(=NCc1ccc(COCC(F)(F)F)cc1)NCCc1cccc(OC)c1O. The van der Waals surface area contributed by atoms with Gasteiger partial charge in [-0.1, -0.05) is 36.4 Å². The van der Waals surface area contributed by atoms with Crippen molar-refractivity contribution < 1.29 is 27.8 Å². The molecule has 0 unspecified atom stereocenters. The smallest absolute Gasteiger partial charge is 0.411 e. The van der Waals surface area contributed by atoms with Crippen LogP contribution in [0.25, 0.3) is 0 Å². The molecule has 2 rings (SSSR count). The molecule has 0 radical (unpaired) electrons. The first kappa shape index (κ1) is 24.3. The van der Waals surface area contributed by atoms with E-state index in [4.69, 9.17) is 4.74 Å². The Morgan fingerprint density at radius 1 is 1.06 bits per heavy atom. The van der Waals surface area contributed by atoms with Crippen LogP contribution in [0, 0.1) is 0 Å². The Bertz CT molecular complexity index is 840. The van der Waals surface area contributed by atoms with Gasteiger partial charge in [-0.3, -0.25) is 0 Å². The van der Waals surface area contributed by atoms with Crippen LogP contribution in [0.5, 0.6) is 11.5 Å². The van der Waals surface area contributed by atoms with Gasteiger partial charge in [-0.05, 0) is 36.1 Å². The number of phenols is 1. The minimum Gasteiger partial charge on any atom is -0.504 e. The number of hydrogen-bond acceptors (Lipinski definition) is 4. The zero-order chi connectivity index (χ0) is 22.7. The number of nitrogens with zero attached hydrogens (tertiary/aromatic N) is 1. The summed E-state index contributed by atoms with van der Waals surface area (Å²) in [7, 11) is 1.51. The van der Waals surface area contributed by atoms with Crippen LogP contribution in [0.1, 0.15) is 23.6 Å². The molecule has 0 saturated carbocycles. The lowest BCUT2D eigenvalue weighted by molar-refractivity contribution is -0.176. The van der Waals surface area contributed by atoms with Gasteiger partial charge in [0.1, 0.15) is 6.61 Å². The third-order valence-corrected chi connectivity index (χ3v) is 4.31. The summed E-state index contributed by atoms with van der Waals surface area (Å²) in [4.78, 5) is 4.52. The summed E-state index contributed by atoms with van der Waals surface area (Å²) in [6, 6.07) is 12.4. The molecule has 3 N–H and O–H groups in total. The number of ether oxygens (including phenoxy) is 2. The average molecular weight is 439 g/mol. The first-order valence-electron chi connectivity index (χ1n) is 9.91. The fourth-order valence-electron chi connectivity index (χ4n) is 2.79. The van der Waals surface area contributed by atoms with Crippen molar-refractivity contribution in [2.24, 2.45) is 4.99 Å². The van der Waals surface area contributed by atoms with Crippen molar-refractivity contribution in [2.45, 2.75) is 32.7 Å². The quantitative estimate of drug-likeness (QED) is 0.388. The Balaban J connectivity index is 1.86. The molecule has 0 fully saturated rings. The number of hydrogen-bond donors (Lipinski definition) is 3. The number of rotatable bonds is 10. The maximum atomic E-state index is 12.1. The van der Waals surface area contributed by atoms with Crippen molar-refractivity contribution in [3.63, 3.8) is 0 Å². The van der Waals surface area contributed by atoms with E-state index in [1.165, 1.54) is 7.11 Å². The van der Waals surface area contributed by atoms with Gasteiger partial charge in [0.05, 0.1) is 20.3 Å². The van der Waals surface area contributed by atoms with Gasteiger partial charge in [-0.2, -0.15) is 13.2 Å². The lowest BCUT2D eigenvalue weighted by Crippen LogP contribution is -2.38. The molecular formula is C22H28F3N3O3. The fourth-order valence-corrected chi connectivity index (χ4v) is 2.79. The Morgan fingerprint density at radius 2 is 1.77 bits per heavy atom. The van der Waals surface area contributed by atoms with Crippen molar-refractivity contribution in [1.82, 2.24) is 10.6 Å². The fraction of sp³-hybridized carbons (Fsp3) is 0.409. The molecule has 6 nitrogen and oxygen atoms in total. The standard InChI is InChI=1S/C22H28F3N3O3/c1-3-26-21(27-12-11-18-5-4-6-19(30-2)20(18)29)28-13-16-7-9-17(10-8-16)14-31-15-22(23,24)25/h4-10,29H,3,11-15H2,1-2H3,(H2,26,27,28).